The SMILES string of the molecule is c1cc(CN2CC[C@H]3CN(c4cnccn4)C[C@H]3C2)ccn1. The largest absolute Gasteiger partial charge is 0.355 e. The standard InChI is InChI=1S/C17H21N5/c1-4-18-5-2-14(1)10-21-8-3-15-12-22(13-16(15)11-21)17-9-19-6-7-20-17/h1-2,4-7,9,15-16H,3,8,10-13H2/t15-,16+/m0/s1. The van der Waals surface area contributed by atoms with Crippen LogP contribution in [0.3, 0.4) is 0 Å². The van der Waals surface area contributed by atoms with Gasteiger partial charge in [0.15, 0.2) is 0 Å². The van der Waals surface area contributed by atoms with Gasteiger partial charge in [-0.05, 0) is 42.5 Å². The summed E-state index contributed by atoms with van der Waals surface area (Å²) >= 11 is 0. The predicted octanol–water partition coefficient (Wildman–Crippen LogP) is 1.83. The van der Waals surface area contributed by atoms with E-state index in [1.165, 1.54) is 25.1 Å². The topological polar surface area (TPSA) is 45.2 Å². The first-order valence-corrected chi connectivity index (χ1v) is 8.01. The van der Waals surface area contributed by atoms with Crippen molar-refractivity contribution in [3.05, 3.63) is 48.7 Å². The summed E-state index contributed by atoms with van der Waals surface area (Å²) < 4.78 is 0. The van der Waals surface area contributed by atoms with Crippen molar-refractivity contribution in [3.8, 4) is 0 Å². The molecule has 0 unspecified atom stereocenters. The number of pyridine rings is 1. The van der Waals surface area contributed by atoms with Gasteiger partial charge in [0.1, 0.15) is 5.82 Å². The van der Waals surface area contributed by atoms with Crippen LogP contribution in [-0.4, -0.2) is 46.0 Å². The maximum Gasteiger partial charge on any atom is 0.147 e. The number of fused-ring (bicyclic) bond motifs is 1. The van der Waals surface area contributed by atoms with E-state index in [0.29, 0.717) is 0 Å². The smallest absolute Gasteiger partial charge is 0.147 e. The molecule has 0 amide bonds. The number of likely N-dealkylation sites (tertiary alicyclic amines) is 1. The van der Waals surface area contributed by atoms with Gasteiger partial charge in [-0.3, -0.25) is 14.9 Å². The summed E-state index contributed by atoms with van der Waals surface area (Å²) in [5.74, 6) is 2.57. The van der Waals surface area contributed by atoms with Gasteiger partial charge in [-0.25, -0.2) is 4.98 Å². The molecule has 5 nitrogen and oxygen atoms in total. The van der Waals surface area contributed by atoms with E-state index in [1.54, 1.807) is 12.4 Å². The Bertz CT molecular complexity index is 603. The van der Waals surface area contributed by atoms with Crippen LogP contribution >= 0.6 is 0 Å². The van der Waals surface area contributed by atoms with Crippen LogP contribution in [0.5, 0.6) is 0 Å². The van der Waals surface area contributed by atoms with Crippen molar-refractivity contribution in [1.29, 1.82) is 0 Å². The van der Waals surface area contributed by atoms with E-state index in [0.717, 1.165) is 37.3 Å². The molecule has 0 spiro atoms. The van der Waals surface area contributed by atoms with Crippen molar-refractivity contribution in [3.63, 3.8) is 0 Å². The highest BCUT2D eigenvalue weighted by Crippen LogP contribution is 2.33. The van der Waals surface area contributed by atoms with Gasteiger partial charge < -0.3 is 4.90 Å². The van der Waals surface area contributed by atoms with Gasteiger partial charge in [0, 0.05) is 51.0 Å². The Morgan fingerprint density at radius 1 is 0.955 bits per heavy atom. The van der Waals surface area contributed by atoms with Gasteiger partial charge in [0.05, 0.1) is 6.20 Å². The quantitative estimate of drug-likeness (QED) is 0.864. The number of hydrogen-bond donors (Lipinski definition) is 0. The summed E-state index contributed by atoms with van der Waals surface area (Å²) in [5, 5.41) is 0. The van der Waals surface area contributed by atoms with Crippen LogP contribution in [-0.2, 0) is 6.54 Å². The molecular formula is C17H21N5. The molecule has 0 aromatic carbocycles. The number of aromatic nitrogens is 3. The van der Waals surface area contributed by atoms with Crippen LogP contribution in [0, 0.1) is 11.8 Å². The number of hydrogen-bond acceptors (Lipinski definition) is 5. The van der Waals surface area contributed by atoms with Crippen LogP contribution in [0.25, 0.3) is 0 Å². The molecule has 2 fully saturated rings. The second-order valence-electron chi connectivity index (χ2n) is 6.37. The third-order valence-corrected chi connectivity index (χ3v) is 4.91. The normalized spacial score (nSPS) is 25.2. The van der Waals surface area contributed by atoms with E-state index < -0.39 is 0 Å². The van der Waals surface area contributed by atoms with E-state index in [1.807, 2.05) is 18.6 Å². The Balaban J connectivity index is 1.39. The van der Waals surface area contributed by atoms with Crippen molar-refractivity contribution in [1.82, 2.24) is 19.9 Å². The molecule has 5 heteroatoms. The Morgan fingerprint density at radius 3 is 2.64 bits per heavy atom. The van der Waals surface area contributed by atoms with Crippen molar-refractivity contribution in [2.24, 2.45) is 11.8 Å². The van der Waals surface area contributed by atoms with Gasteiger partial charge in [0.2, 0.25) is 0 Å². The average Bonchev–Trinajstić information content (AvgIpc) is 3.00. The Hall–Kier alpha value is -2.01. The first-order chi connectivity index (χ1) is 10.9. The lowest BCUT2D eigenvalue weighted by molar-refractivity contribution is 0.142. The molecule has 0 aliphatic carbocycles. The summed E-state index contributed by atoms with van der Waals surface area (Å²) in [6, 6.07) is 4.24. The molecule has 22 heavy (non-hydrogen) atoms. The third kappa shape index (κ3) is 2.81. The summed E-state index contributed by atoms with van der Waals surface area (Å²) in [7, 11) is 0. The lowest BCUT2D eigenvalue weighted by atomic mass is 9.88. The van der Waals surface area contributed by atoms with Crippen molar-refractivity contribution >= 4 is 5.82 Å². The fraction of sp³-hybridized carbons (Fsp3) is 0.471. The van der Waals surface area contributed by atoms with E-state index in [4.69, 9.17) is 0 Å². The fourth-order valence-electron chi connectivity index (χ4n) is 3.78. The molecule has 2 aromatic heterocycles. The predicted molar refractivity (Wildman–Crippen MR) is 85.4 cm³/mol. The second kappa shape index (κ2) is 6.01. The highest BCUT2D eigenvalue weighted by Gasteiger charge is 2.37. The molecule has 0 radical (unpaired) electrons. The zero-order valence-corrected chi connectivity index (χ0v) is 12.7. The van der Waals surface area contributed by atoms with Crippen molar-refractivity contribution in [2.45, 2.75) is 13.0 Å². The zero-order valence-electron chi connectivity index (χ0n) is 12.7. The van der Waals surface area contributed by atoms with Crippen molar-refractivity contribution < 1.29 is 0 Å². The van der Waals surface area contributed by atoms with Crippen LogP contribution in [0.2, 0.25) is 0 Å². The van der Waals surface area contributed by atoms with E-state index >= 15 is 0 Å². The molecule has 2 aromatic rings. The number of nitrogens with zero attached hydrogens (tertiary/aromatic N) is 5. The van der Waals surface area contributed by atoms with Crippen LogP contribution in [0.1, 0.15) is 12.0 Å². The van der Waals surface area contributed by atoms with Crippen LogP contribution < -0.4 is 4.90 Å². The lowest BCUT2D eigenvalue weighted by Gasteiger charge is -2.34. The number of rotatable bonds is 3. The minimum Gasteiger partial charge on any atom is -0.355 e. The van der Waals surface area contributed by atoms with Gasteiger partial charge in [-0.15, -0.1) is 0 Å². The first-order valence-electron chi connectivity index (χ1n) is 8.01. The van der Waals surface area contributed by atoms with Crippen LogP contribution in [0.15, 0.2) is 43.1 Å². The van der Waals surface area contributed by atoms with E-state index in [2.05, 4.69) is 36.9 Å². The summed E-state index contributed by atoms with van der Waals surface area (Å²) in [6.07, 6.45) is 10.5. The molecule has 4 heterocycles. The summed E-state index contributed by atoms with van der Waals surface area (Å²) in [4.78, 5) is 17.7. The van der Waals surface area contributed by atoms with Gasteiger partial charge >= 0.3 is 0 Å². The Morgan fingerprint density at radius 2 is 1.82 bits per heavy atom. The van der Waals surface area contributed by atoms with Gasteiger partial charge in [0.25, 0.3) is 0 Å². The zero-order chi connectivity index (χ0) is 14.8. The number of anilines is 1. The minimum atomic E-state index is 0.748. The first kappa shape index (κ1) is 13.6. The summed E-state index contributed by atoms with van der Waals surface area (Å²) in [5.41, 5.74) is 1.36. The molecule has 0 N–H and O–H groups in total. The lowest BCUT2D eigenvalue weighted by Crippen LogP contribution is -2.39. The highest BCUT2D eigenvalue weighted by molar-refractivity contribution is 5.37. The molecule has 0 saturated carbocycles. The van der Waals surface area contributed by atoms with E-state index in [9.17, 15) is 0 Å². The van der Waals surface area contributed by atoms with Crippen LogP contribution in [0.4, 0.5) is 5.82 Å². The van der Waals surface area contributed by atoms with E-state index in [-0.39, 0.29) is 0 Å². The Kier molecular flexibility index (Phi) is 3.72. The number of piperidine rings is 1. The molecule has 2 aliphatic rings. The second-order valence-corrected chi connectivity index (χ2v) is 6.37. The molecule has 2 atom stereocenters. The molecular weight excluding hydrogens is 274 g/mol. The molecule has 4 rings (SSSR count). The fourth-order valence-corrected chi connectivity index (χ4v) is 3.78. The molecule has 114 valence electrons. The monoisotopic (exact) mass is 295 g/mol. The van der Waals surface area contributed by atoms with Gasteiger partial charge in [-0.1, -0.05) is 0 Å². The molecule has 0 bridgehead atoms. The van der Waals surface area contributed by atoms with Gasteiger partial charge in [-0.2, -0.15) is 0 Å². The van der Waals surface area contributed by atoms with Crippen molar-refractivity contribution in [2.75, 3.05) is 31.1 Å². The molecule has 2 saturated heterocycles. The highest BCUT2D eigenvalue weighted by atomic mass is 15.2. The molecule has 2 aliphatic heterocycles. The Labute approximate surface area is 131 Å². The average molecular weight is 295 g/mol. The maximum atomic E-state index is 4.45. The minimum absolute atomic E-state index is 0.748. The summed E-state index contributed by atoms with van der Waals surface area (Å²) in [6.45, 7) is 5.65. The third-order valence-electron chi connectivity index (χ3n) is 4.91. The maximum absolute atomic E-state index is 4.45.